The molecule has 0 aliphatic rings. The van der Waals surface area contributed by atoms with E-state index in [0.29, 0.717) is 13.2 Å². The highest BCUT2D eigenvalue weighted by atomic mass is 32.1. The van der Waals surface area contributed by atoms with E-state index in [1.807, 2.05) is 20.0 Å². The summed E-state index contributed by atoms with van der Waals surface area (Å²) in [5, 5.41) is 15.7. The number of anilines is 1. The number of rotatable bonds is 5. The molecule has 0 aliphatic carbocycles. The summed E-state index contributed by atoms with van der Waals surface area (Å²) in [4.78, 5) is 4.54. The highest BCUT2D eigenvalue weighted by Crippen LogP contribution is 2.28. The lowest BCUT2D eigenvalue weighted by molar-refractivity contribution is 0.181. The lowest BCUT2D eigenvalue weighted by Gasteiger charge is -1.98. The van der Waals surface area contributed by atoms with Crippen LogP contribution in [0.4, 0.5) is 5.13 Å². The number of thiazole rings is 1. The zero-order chi connectivity index (χ0) is 14.1. The Morgan fingerprint density at radius 3 is 3.10 bits per heavy atom. The van der Waals surface area contributed by atoms with E-state index in [9.17, 15) is 0 Å². The Labute approximate surface area is 120 Å². The topological polar surface area (TPSA) is 80.6 Å². The van der Waals surface area contributed by atoms with Gasteiger partial charge in [-0.1, -0.05) is 11.3 Å². The van der Waals surface area contributed by atoms with Crippen LogP contribution in [0.25, 0.3) is 10.3 Å². The molecule has 0 radical (unpaired) electrons. The number of aryl methyl sites for hydroxylation is 2. The second-order valence-electron chi connectivity index (χ2n) is 4.55. The molecular formula is C12H16N6OS. The molecule has 8 heteroatoms. The lowest BCUT2D eigenvalue weighted by atomic mass is 10.3. The van der Waals surface area contributed by atoms with Crippen molar-refractivity contribution in [1.29, 1.82) is 0 Å². The van der Waals surface area contributed by atoms with E-state index >= 15 is 0 Å². The molecule has 0 aromatic carbocycles. The van der Waals surface area contributed by atoms with Gasteiger partial charge in [-0.3, -0.25) is 5.10 Å². The van der Waals surface area contributed by atoms with Gasteiger partial charge in [-0.05, 0) is 13.0 Å². The number of H-pyrrole nitrogens is 1. The Kier molecular flexibility index (Phi) is 3.41. The van der Waals surface area contributed by atoms with Crippen LogP contribution in [-0.4, -0.2) is 32.1 Å². The fraction of sp³-hybridized carbons (Fsp3) is 0.417. The molecule has 0 spiro atoms. The van der Waals surface area contributed by atoms with Crippen LogP contribution >= 0.6 is 11.3 Å². The van der Waals surface area contributed by atoms with E-state index in [4.69, 9.17) is 4.74 Å². The number of nitrogens with one attached hydrogen (secondary N) is 2. The summed E-state index contributed by atoms with van der Waals surface area (Å²) >= 11 is 1.62. The molecular weight excluding hydrogens is 276 g/mol. The SMILES string of the molecule is COCc1cc(CNc2nc3c(s2)c(C)nn3C)[nH]n1. The Morgan fingerprint density at radius 1 is 1.50 bits per heavy atom. The minimum absolute atomic E-state index is 0.516. The van der Waals surface area contributed by atoms with E-state index in [-0.39, 0.29) is 0 Å². The van der Waals surface area contributed by atoms with Crippen LogP contribution < -0.4 is 5.32 Å². The quantitative estimate of drug-likeness (QED) is 0.749. The van der Waals surface area contributed by atoms with Crippen molar-refractivity contribution >= 4 is 26.8 Å². The summed E-state index contributed by atoms with van der Waals surface area (Å²) in [7, 11) is 3.56. The number of hydrogen-bond acceptors (Lipinski definition) is 6. The van der Waals surface area contributed by atoms with Crippen LogP contribution in [0.2, 0.25) is 0 Å². The molecule has 0 atom stereocenters. The van der Waals surface area contributed by atoms with E-state index in [1.165, 1.54) is 0 Å². The monoisotopic (exact) mass is 292 g/mol. The summed E-state index contributed by atoms with van der Waals surface area (Å²) < 4.78 is 7.97. The molecule has 0 amide bonds. The molecule has 2 N–H and O–H groups in total. The van der Waals surface area contributed by atoms with Crippen molar-refractivity contribution in [3.63, 3.8) is 0 Å². The van der Waals surface area contributed by atoms with Gasteiger partial charge < -0.3 is 10.1 Å². The third-order valence-electron chi connectivity index (χ3n) is 2.95. The number of methoxy groups -OCH3 is 1. The molecule has 0 saturated carbocycles. The smallest absolute Gasteiger partial charge is 0.185 e. The highest BCUT2D eigenvalue weighted by Gasteiger charge is 2.11. The third kappa shape index (κ3) is 2.39. The average molecular weight is 292 g/mol. The van der Waals surface area contributed by atoms with Crippen molar-refractivity contribution in [3.8, 4) is 0 Å². The molecule has 3 aromatic rings. The number of nitrogens with zero attached hydrogens (tertiary/aromatic N) is 4. The minimum Gasteiger partial charge on any atom is -0.378 e. The van der Waals surface area contributed by atoms with Gasteiger partial charge in [0.15, 0.2) is 10.8 Å². The maximum absolute atomic E-state index is 5.04. The zero-order valence-electron chi connectivity index (χ0n) is 11.6. The van der Waals surface area contributed by atoms with Crippen LogP contribution in [0, 0.1) is 6.92 Å². The normalized spacial score (nSPS) is 11.3. The molecule has 3 heterocycles. The van der Waals surface area contributed by atoms with Gasteiger partial charge >= 0.3 is 0 Å². The molecule has 0 fully saturated rings. The molecule has 0 saturated heterocycles. The van der Waals surface area contributed by atoms with Gasteiger partial charge in [0.1, 0.15) is 0 Å². The number of ether oxygens (including phenoxy) is 1. The van der Waals surface area contributed by atoms with E-state index < -0.39 is 0 Å². The molecule has 20 heavy (non-hydrogen) atoms. The Hall–Kier alpha value is -1.93. The van der Waals surface area contributed by atoms with Gasteiger partial charge in [0.2, 0.25) is 0 Å². The number of fused-ring (bicyclic) bond motifs is 1. The van der Waals surface area contributed by atoms with Crippen molar-refractivity contribution in [3.05, 3.63) is 23.1 Å². The van der Waals surface area contributed by atoms with Crippen molar-refractivity contribution in [1.82, 2.24) is 25.0 Å². The van der Waals surface area contributed by atoms with Gasteiger partial charge in [-0.2, -0.15) is 10.2 Å². The van der Waals surface area contributed by atoms with Gasteiger partial charge in [0.25, 0.3) is 0 Å². The van der Waals surface area contributed by atoms with Crippen molar-refractivity contribution in [2.45, 2.75) is 20.1 Å². The van der Waals surface area contributed by atoms with Gasteiger partial charge in [0.05, 0.1) is 34.9 Å². The number of aromatic nitrogens is 5. The predicted octanol–water partition coefficient (Wildman–Crippen LogP) is 1.82. The number of hydrogen-bond donors (Lipinski definition) is 2. The van der Waals surface area contributed by atoms with Gasteiger partial charge in [-0.25, -0.2) is 9.67 Å². The highest BCUT2D eigenvalue weighted by molar-refractivity contribution is 7.22. The molecule has 7 nitrogen and oxygen atoms in total. The second kappa shape index (κ2) is 5.22. The molecule has 3 aromatic heterocycles. The largest absolute Gasteiger partial charge is 0.378 e. The first kappa shape index (κ1) is 13.1. The lowest BCUT2D eigenvalue weighted by Crippen LogP contribution is -2.00. The van der Waals surface area contributed by atoms with Crippen molar-refractivity contribution in [2.75, 3.05) is 12.4 Å². The fourth-order valence-electron chi connectivity index (χ4n) is 2.05. The van der Waals surface area contributed by atoms with Gasteiger partial charge in [-0.15, -0.1) is 0 Å². The van der Waals surface area contributed by atoms with Crippen LogP contribution in [0.1, 0.15) is 17.1 Å². The fourth-order valence-corrected chi connectivity index (χ4v) is 2.98. The van der Waals surface area contributed by atoms with Crippen molar-refractivity contribution < 1.29 is 4.74 Å². The maximum Gasteiger partial charge on any atom is 0.185 e. The molecule has 106 valence electrons. The molecule has 0 bridgehead atoms. The Bertz CT molecular complexity index is 693. The summed E-state index contributed by atoms with van der Waals surface area (Å²) in [6, 6.07) is 1.98. The minimum atomic E-state index is 0.516. The zero-order valence-corrected chi connectivity index (χ0v) is 12.4. The van der Waals surface area contributed by atoms with Crippen LogP contribution in [0.15, 0.2) is 6.07 Å². The van der Waals surface area contributed by atoms with Crippen LogP contribution in [0.5, 0.6) is 0 Å². The summed E-state index contributed by atoms with van der Waals surface area (Å²) in [6.07, 6.45) is 0. The average Bonchev–Trinajstić information content (AvgIpc) is 3.07. The van der Waals surface area contributed by atoms with Crippen molar-refractivity contribution in [2.24, 2.45) is 7.05 Å². The predicted molar refractivity (Wildman–Crippen MR) is 77.8 cm³/mol. The van der Waals surface area contributed by atoms with Gasteiger partial charge in [0, 0.05) is 14.2 Å². The third-order valence-corrected chi connectivity index (χ3v) is 4.06. The van der Waals surface area contributed by atoms with Crippen LogP contribution in [0.3, 0.4) is 0 Å². The Balaban J connectivity index is 1.71. The first-order valence-electron chi connectivity index (χ1n) is 6.23. The molecule has 0 aliphatic heterocycles. The number of aromatic amines is 1. The first-order valence-corrected chi connectivity index (χ1v) is 7.05. The van der Waals surface area contributed by atoms with E-state index in [2.05, 4.69) is 25.6 Å². The van der Waals surface area contributed by atoms with Crippen LogP contribution in [-0.2, 0) is 24.9 Å². The van der Waals surface area contributed by atoms with E-state index in [0.717, 1.165) is 32.6 Å². The summed E-state index contributed by atoms with van der Waals surface area (Å²) in [6.45, 7) is 3.17. The van der Waals surface area contributed by atoms with E-state index in [1.54, 1.807) is 23.1 Å². The molecule has 0 unspecified atom stereocenters. The first-order chi connectivity index (χ1) is 9.67. The summed E-state index contributed by atoms with van der Waals surface area (Å²) in [5.41, 5.74) is 3.83. The standard InChI is InChI=1S/C12H16N6OS/c1-7-10-11(18(2)17-7)14-12(20-10)13-5-8-4-9(6-19-3)16-15-8/h4H,5-6H2,1-3H3,(H,13,14)(H,15,16). The molecule has 3 rings (SSSR count). The maximum atomic E-state index is 5.04. The second-order valence-corrected chi connectivity index (χ2v) is 5.55. The Morgan fingerprint density at radius 2 is 2.35 bits per heavy atom. The summed E-state index contributed by atoms with van der Waals surface area (Å²) in [5.74, 6) is 0.